The Labute approximate surface area is 176 Å². The fourth-order valence-corrected chi connectivity index (χ4v) is 3.79. The predicted molar refractivity (Wildman–Crippen MR) is 114 cm³/mol. The van der Waals surface area contributed by atoms with Crippen molar-refractivity contribution >= 4 is 62.7 Å². The topological polar surface area (TPSA) is 20.3 Å². The zero-order valence-electron chi connectivity index (χ0n) is 14.6. The van der Waals surface area contributed by atoms with Gasteiger partial charge in [0.1, 0.15) is 0 Å². The first-order valence-corrected chi connectivity index (χ1v) is 10.3. The van der Waals surface area contributed by atoms with Crippen LogP contribution in [0.15, 0.2) is 53.0 Å². The molecule has 0 saturated carbocycles. The van der Waals surface area contributed by atoms with Gasteiger partial charge in [-0.1, -0.05) is 68.2 Å². The summed E-state index contributed by atoms with van der Waals surface area (Å²) in [7, 11) is 0. The maximum absolute atomic E-state index is 14.0. The minimum atomic E-state index is -2.65. The molecule has 2 nitrogen and oxygen atoms in total. The van der Waals surface area contributed by atoms with Crippen LogP contribution in [0.1, 0.15) is 43.1 Å². The van der Waals surface area contributed by atoms with Gasteiger partial charge in [-0.05, 0) is 57.6 Å². The summed E-state index contributed by atoms with van der Waals surface area (Å²) in [5.41, 5.74) is 1.85. The molecule has 0 radical (unpaired) electrons. The number of anilines is 1. The molecular formula is C19H19BrCl2FNOS. The lowest BCUT2D eigenvalue weighted by Crippen LogP contribution is -2.28. The highest BCUT2D eigenvalue weighted by Gasteiger charge is 2.33. The molecule has 0 bridgehead atoms. The van der Waals surface area contributed by atoms with E-state index in [1.807, 2.05) is 18.2 Å². The molecule has 0 atom stereocenters. The van der Waals surface area contributed by atoms with Crippen LogP contribution in [0, 0.1) is 0 Å². The van der Waals surface area contributed by atoms with E-state index in [0.29, 0.717) is 27.7 Å². The van der Waals surface area contributed by atoms with Crippen molar-refractivity contribution < 1.29 is 9.18 Å². The molecule has 0 aliphatic carbocycles. The summed E-state index contributed by atoms with van der Waals surface area (Å²) in [6, 6.07) is 14.4. The molecule has 0 aliphatic heterocycles. The standard InChI is InChI=1S/C19H19BrCl2FNOS/c1-4-18(2,3)13-8-7-9-14(12-13)24(26-19(21,22)23)17(25)15-10-5-6-11-16(15)20/h5-12H,4H2,1-3H3. The number of benzene rings is 2. The summed E-state index contributed by atoms with van der Waals surface area (Å²) in [6.45, 7) is 6.32. The number of amides is 1. The maximum Gasteiger partial charge on any atom is 0.324 e. The van der Waals surface area contributed by atoms with Gasteiger partial charge in [0.25, 0.3) is 5.91 Å². The van der Waals surface area contributed by atoms with Gasteiger partial charge in [0.15, 0.2) is 0 Å². The molecule has 7 heteroatoms. The van der Waals surface area contributed by atoms with Crippen LogP contribution < -0.4 is 4.31 Å². The third-order valence-electron chi connectivity index (χ3n) is 4.23. The van der Waals surface area contributed by atoms with Crippen LogP contribution in [0.3, 0.4) is 0 Å². The zero-order chi connectivity index (χ0) is 19.5. The molecule has 0 spiro atoms. The van der Waals surface area contributed by atoms with Crippen LogP contribution in [-0.2, 0) is 5.41 Å². The summed E-state index contributed by atoms with van der Waals surface area (Å²) < 4.78 is 13.1. The first kappa shape index (κ1) is 21.5. The molecule has 26 heavy (non-hydrogen) atoms. The Bertz CT molecular complexity index is 795. The van der Waals surface area contributed by atoms with E-state index in [-0.39, 0.29) is 5.41 Å². The summed E-state index contributed by atoms with van der Waals surface area (Å²) in [5.74, 6) is -0.419. The lowest BCUT2D eigenvalue weighted by atomic mass is 9.82. The minimum absolute atomic E-state index is 0.0859. The Morgan fingerprint density at radius 2 is 1.85 bits per heavy atom. The van der Waals surface area contributed by atoms with Gasteiger partial charge in [0.2, 0.25) is 0 Å². The van der Waals surface area contributed by atoms with E-state index in [4.69, 9.17) is 23.2 Å². The van der Waals surface area contributed by atoms with Gasteiger partial charge < -0.3 is 0 Å². The van der Waals surface area contributed by atoms with Crippen molar-refractivity contribution in [3.05, 3.63) is 64.1 Å². The van der Waals surface area contributed by atoms with Gasteiger partial charge in [-0.15, -0.1) is 0 Å². The van der Waals surface area contributed by atoms with Crippen molar-refractivity contribution in [3.63, 3.8) is 0 Å². The van der Waals surface area contributed by atoms with Gasteiger partial charge in [-0.2, -0.15) is 4.39 Å². The van der Waals surface area contributed by atoms with E-state index in [2.05, 4.69) is 36.7 Å². The molecule has 0 saturated heterocycles. The van der Waals surface area contributed by atoms with Crippen molar-refractivity contribution in [2.45, 2.75) is 36.5 Å². The van der Waals surface area contributed by atoms with Crippen molar-refractivity contribution in [3.8, 4) is 0 Å². The molecule has 0 N–H and O–H groups in total. The quantitative estimate of drug-likeness (QED) is 0.316. The number of carbonyl (C=O) groups is 1. The fraction of sp³-hybridized carbons (Fsp3) is 0.316. The van der Waals surface area contributed by atoms with E-state index in [0.717, 1.165) is 12.0 Å². The number of alkyl halides is 3. The average molecular weight is 479 g/mol. The number of carbonyl (C=O) groups excluding carboxylic acids is 1. The summed E-state index contributed by atoms with van der Waals surface area (Å²) >= 11 is 14.9. The summed E-state index contributed by atoms with van der Waals surface area (Å²) in [6.07, 6.45) is 0.917. The van der Waals surface area contributed by atoms with Crippen molar-refractivity contribution in [2.24, 2.45) is 0 Å². The van der Waals surface area contributed by atoms with Gasteiger partial charge in [-0.3, -0.25) is 4.79 Å². The van der Waals surface area contributed by atoms with E-state index in [1.54, 1.807) is 30.3 Å². The van der Waals surface area contributed by atoms with Crippen LogP contribution in [0.5, 0.6) is 0 Å². The smallest absolute Gasteiger partial charge is 0.268 e. The van der Waals surface area contributed by atoms with E-state index in [9.17, 15) is 9.18 Å². The van der Waals surface area contributed by atoms with E-state index < -0.39 is 9.83 Å². The first-order valence-electron chi connectivity index (χ1n) is 8.00. The molecule has 2 aromatic rings. The number of rotatable bonds is 6. The second kappa shape index (κ2) is 8.51. The molecule has 0 aromatic heterocycles. The third-order valence-corrected chi connectivity index (χ3v) is 6.10. The zero-order valence-corrected chi connectivity index (χ0v) is 18.5. The lowest BCUT2D eigenvalue weighted by molar-refractivity contribution is 0.101. The van der Waals surface area contributed by atoms with Gasteiger partial charge in [-0.25, -0.2) is 4.31 Å². The number of hydrogen-bond acceptors (Lipinski definition) is 2. The highest BCUT2D eigenvalue weighted by Crippen LogP contribution is 2.42. The van der Waals surface area contributed by atoms with E-state index in [1.165, 1.54) is 4.31 Å². The van der Waals surface area contributed by atoms with Crippen LogP contribution in [0.2, 0.25) is 0 Å². The van der Waals surface area contributed by atoms with Crippen LogP contribution in [-0.4, -0.2) is 9.83 Å². The molecule has 2 rings (SSSR count). The molecule has 0 unspecified atom stereocenters. The molecule has 0 heterocycles. The lowest BCUT2D eigenvalue weighted by Gasteiger charge is -2.28. The van der Waals surface area contributed by atoms with Gasteiger partial charge in [0, 0.05) is 16.4 Å². The number of halogens is 4. The molecule has 1 amide bonds. The van der Waals surface area contributed by atoms with Crippen LogP contribution >= 0.6 is 51.1 Å². The number of nitrogens with zero attached hydrogens (tertiary/aromatic N) is 1. The SMILES string of the molecule is CCC(C)(C)c1cccc(N(SC(F)(Cl)Cl)C(=O)c2ccccc2Br)c1. The molecule has 140 valence electrons. The molecule has 0 aliphatic rings. The Morgan fingerprint density at radius 3 is 2.42 bits per heavy atom. The molecular weight excluding hydrogens is 460 g/mol. The predicted octanol–water partition coefficient (Wildman–Crippen LogP) is 7.49. The normalized spacial score (nSPS) is 12.1. The largest absolute Gasteiger partial charge is 0.324 e. The summed E-state index contributed by atoms with van der Waals surface area (Å²) in [5, 5.41) is 0. The first-order chi connectivity index (χ1) is 12.0. The Morgan fingerprint density at radius 1 is 1.19 bits per heavy atom. The summed E-state index contributed by atoms with van der Waals surface area (Å²) in [4.78, 5) is 13.1. The van der Waals surface area contributed by atoms with E-state index >= 15 is 0 Å². The monoisotopic (exact) mass is 477 g/mol. The van der Waals surface area contributed by atoms with Crippen molar-refractivity contribution in [2.75, 3.05) is 4.31 Å². The van der Waals surface area contributed by atoms with Crippen LogP contribution in [0.4, 0.5) is 10.1 Å². The second-order valence-electron chi connectivity index (χ2n) is 6.40. The molecule has 0 fully saturated rings. The van der Waals surface area contributed by atoms with Crippen LogP contribution in [0.25, 0.3) is 0 Å². The second-order valence-corrected chi connectivity index (χ2v) is 10.1. The Balaban J connectivity index is 2.51. The van der Waals surface area contributed by atoms with Gasteiger partial charge >= 0.3 is 3.92 Å². The fourth-order valence-electron chi connectivity index (χ4n) is 2.32. The number of hydrogen-bond donors (Lipinski definition) is 0. The van der Waals surface area contributed by atoms with Crippen molar-refractivity contribution in [1.29, 1.82) is 0 Å². The highest BCUT2D eigenvalue weighted by atomic mass is 79.9. The Kier molecular flexibility index (Phi) is 7.05. The highest BCUT2D eigenvalue weighted by molar-refractivity contribution is 9.10. The molecule has 2 aromatic carbocycles. The average Bonchev–Trinajstić information content (AvgIpc) is 2.59. The minimum Gasteiger partial charge on any atom is -0.268 e. The Hall–Kier alpha value is -0.750. The third kappa shape index (κ3) is 5.38. The maximum atomic E-state index is 14.0. The van der Waals surface area contributed by atoms with Crippen molar-refractivity contribution in [1.82, 2.24) is 0 Å². The van der Waals surface area contributed by atoms with Gasteiger partial charge in [0.05, 0.1) is 11.3 Å².